The van der Waals surface area contributed by atoms with Gasteiger partial charge in [-0.1, -0.05) is 60.1 Å². The fourth-order valence-electron chi connectivity index (χ4n) is 3.87. The van der Waals surface area contributed by atoms with Crippen LogP contribution >= 0.6 is 23.2 Å². The first-order valence-corrected chi connectivity index (χ1v) is 13.3. The maximum absolute atomic E-state index is 13.5. The molecule has 0 radical (unpaired) electrons. The maximum atomic E-state index is 13.5. The summed E-state index contributed by atoms with van der Waals surface area (Å²) in [5.74, 6) is -0.936. The van der Waals surface area contributed by atoms with Crippen molar-refractivity contribution in [2.75, 3.05) is 12.4 Å². The SMILES string of the molecule is CCc1c(S(=O)(=O)O)ccc(Cl)c1N=Nc1c([O-])c(C(=O)Nc2ccc(OC)cc2Cl)cc2ccccc12.[Na+]. The van der Waals surface area contributed by atoms with Gasteiger partial charge in [0, 0.05) is 22.6 Å². The molecule has 0 spiro atoms. The summed E-state index contributed by atoms with van der Waals surface area (Å²) in [6, 6.07) is 15.3. The van der Waals surface area contributed by atoms with Gasteiger partial charge in [0.1, 0.15) is 11.4 Å². The molecule has 4 aromatic carbocycles. The van der Waals surface area contributed by atoms with E-state index in [2.05, 4.69) is 15.5 Å². The first-order valence-electron chi connectivity index (χ1n) is 11.1. The Labute approximate surface area is 256 Å². The molecule has 0 aliphatic carbocycles. The van der Waals surface area contributed by atoms with Crippen molar-refractivity contribution in [1.82, 2.24) is 0 Å². The van der Waals surface area contributed by atoms with Crippen LogP contribution in [0.5, 0.6) is 11.5 Å². The van der Waals surface area contributed by atoms with Gasteiger partial charge in [-0.15, -0.1) is 5.11 Å². The molecule has 0 aliphatic rings. The average Bonchev–Trinajstić information content (AvgIpc) is 2.88. The van der Waals surface area contributed by atoms with Gasteiger partial charge in [0.05, 0.1) is 33.4 Å². The Morgan fingerprint density at radius 1 is 1.03 bits per heavy atom. The van der Waals surface area contributed by atoms with Gasteiger partial charge in [-0.2, -0.15) is 13.5 Å². The fourth-order valence-corrected chi connectivity index (χ4v) is 5.10. The number of hydrogen-bond acceptors (Lipinski definition) is 7. The zero-order chi connectivity index (χ0) is 27.6. The topological polar surface area (TPSA) is 140 Å². The minimum absolute atomic E-state index is 0. The second kappa shape index (κ2) is 12.6. The molecule has 0 unspecified atom stereocenters. The number of ether oxygens (including phenoxy) is 1. The molecule has 9 nitrogen and oxygen atoms in total. The number of anilines is 1. The molecule has 0 atom stereocenters. The van der Waals surface area contributed by atoms with Crippen molar-refractivity contribution in [3.63, 3.8) is 0 Å². The largest absolute Gasteiger partial charge is 1.00 e. The summed E-state index contributed by atoms with van der Waals surface area (Å²) >= 11 is 12.5. The summed E-state index contributed by atoms with van der Waals surface area (Å²) in [7, 11) is -3.08. The number of nitrogens with one attached hydrogen (secondary N) is 1. The van der Waals surface area contributed by atoms with E-state index in [-0.39, 0.29) is 79.1 Å². The van der Waals surface area contributed by atoms with E-state index in [0.29, 0.717) is 16.5 Å². The molecule has 13 heteroatoms. The minimum atomic E-state index is -4.56. The number of benzene rings is 4. The standard InChI is InChI=1S/C26H21Cl2N3O6S.Na/c1-3-16-22(38(34,35)36)11-9-19(27)23(16)30-31-24-17-7-5-4-6-14(17)12-18(25(24)32)26(33)29-21-10-8-15(37-2)13-20(21)28;/h4-13,32H,3H2,1-2H3,(H,29,33)(H,34,35,36);/q;+1/p-1. The molecule has 0 saturated heterocycles. The van der Waals surface area contributed by atoms with Crippen LogP contribution in [0.1, 0.15) is 22.8 Å². The van der Waals surface area contributed by atoms with Gasteiger partial charge in [0.15, 0.2) is 0 Å². The van der Waals surface area contributed by atoms with Crippen LogP contribution in [0, 0.1) is 0 Å². The van der Waals surface area contributed by atoms with E-state index in [1.807, 2.05) is 0 Å². The smallest absolute Gasteiger partial charge is 0.870 e. The molecule has 0 saturated carbocycles. The van der Waals surface area contributed by atoms with Crippen LogP contribution in [-0.4, -0.2) is 26.0 Å². The van der Waals surface area contributed by atoms with Crippen molar-refractivity contribution in [3.8, 4) is 11.5 Å². The molecule has 0 heterocycles. The predicted octanol–water partition coefficient (Wildman–Crippen LogP) is 3.71. The second-order valence-corrected chi connectivity index (χ2v) is 10.2. The van der Waals surface area contributed by atoms with E-state index in [1.54, 1.807) is 43.3 Å². The number of amides is 1. The van der Waals surface area contributed by atoms with Crippen LogP contribution in [0.3, 0.4) is 0 Å². The average molecular weight is 596 g/mol. The first kappa shape index (κ1) is 30.8. The van der Waals surface area contributed by atoms with Crippen LogP contribution in [0.15, 0.2) is 75.8 Å². The van der Waals surface area contributed by atoms with E-state index in [0.717, 1.165) is 0 Å². The molecular formula is C26H20Cl2N3NaO6S. The molecule has 0 bridgehead atoms. The summed E-state index contributed by atoms with van der Waals surface area (Å²) in [4.78, 5) is 12.8. The molecule has 196 valence electrons. The Balaban J connectivity index is 0.00000420. The number of nitrogens with zero attached hydrogens (tertiary/aromatic N) is 2. The second-order valence-electron chi connectivity index (χ2n) is 8.02. The molecule has 0 aromatic heterocycles. The normalized spacial score (nSPS) is 11.4. The van der Waals surface area contributed by atoms with Crippen molar-refractivity contribution >= 4 is 67.1 Å². The van der Waals surface area contributed by atoms with Gasteiger partial charge in [0.2, 0.25) is 0 Å². The number of methoxy groups -OCH3 is 1. The van der Waals surface area contributed by atoms with Crippen LogP contribution in [0.2, 0.25) is 10.0 Å². The van der Waals surface area contributed by atoms with Crippen LogP contribution in [-0.2, 0) is 16.5 Å². The summed E-state index contributed by atoms with van der Waals surface area (Å²) in [5.41, 5.74) is 0.0216. The van der Waals surface area contributed by atoms with E-state index in [4.69, 9.17) is 27.9 Å². The van der Waals surface area contributed by atoms with Gasteiger partial charge in [-0.3, -0.25) is 9.35 Å². The number of halogens is 2. The fraction of sp³-hybridized carbons (Fsp3) is 0.115. The third-order valence-electron chi connectivity index (χ3n) is 5.72. The van der Waals surface area contributed by atoms with Crippen molar-refractivity contribution in [2.45, 2.75) is 18.2 Å². The number of fused-ring (bicyclic) bond motifs is 1. The first-order chi connectivity index (χ1) is 18.0. The predicted molar refractivity (Wildman–Crippen MR) is 144 cm³/mol. The van der Waals surface area contributed by atoms with Crippen molar-refractivity contribution in [1.29, 1.82) is 0 Å². The van der Waals surface area contributed by atoms with E-state index >= 15 is 0 Å². The molecule has 2 N–H and O–H groups in total. The zero-order valence-corrected chi connectivity index (χ0v) is 25.4. The molecule has 0 fully saturated rings. The summed E-state index contributed by atoms with van der Waals surface area (Å²) in [6.45, 7) is 1.66. The Bertz CT molecular complexity index is 1710. The van der Waals surface area contributed by atoms with Gasteiger partial charge < -0.3 is 15.2 Å². The Morgan fingerprint density at radius 2 is 1.72 bits per heavy atom. The van der Waals surface area contributed by atoms with Gasteiger partial charge in [-0.05, 0) is 42.1 Å². The van der Waals surface area contributed by atoms with Gasteiger partial charge in [0.25, 0.3) is 16.0 Å². The molecule has 1 amide bonds. The van der Waals surface area contributed by atoms with Crippen molar-refractivity contribution in [2.24, 2.45) is 10.2 Å². The molecular weight excluding hydrogens is 576 g/mol. The minimum Gasteiger partial charge on any atom is -0.870 e. The number of azo groups is 1. The third kappa shape index (κ3) is 6.55. The number of carbonyl (C=O) groups is 1. The Kier molecular flexibility index (Phi) is 10.0. The van der Waals surface area contributed by atoms with Gasteiger partial charge >= 0.3 is 29.6 Å². The van der Waals surface area contributed by atoms with Gasteiger partial charge in [-0.25, -0.2) is 0 Å². The van der Waals surface area contributed by atoms with Crippen LogP contribution in [0.25, 0.3) is 10.8 Å². The number of hydrogen-bond donors (Lipinski definition) is 2. The van der Waals surface area contributed by atoms with Crippen molar-refractivity contribution < 1.29 is 57.2 Å². The summed E-state index contributed by atoms with van der Waals surface area (Å²) < 4.78 is 38.4. The molecule has 4 aromatic rings. The van der Waals surface area contributed by atoms with E-state index < -0.39 is 21.8 Å². The molecule has 39 heavy (non-hydrogen) atoms. The maximum Gasteiger partial charge on any atom is 1.00 e. The van der Waals surface area contributed by atoms with E-state index in [1.165, 1.54) is 31.4 Å². The number of carbonyl (C=O) groups excluding carboxylic acids is 1. The van der Waals surface area contributed by atoms with Crippen LogP contribution < -0.4 is 44.7 Å². The monoisotopic (exact) mass is 595 g/mol. The Hall–Kier alpha value is -2.70. The quantitative estimate of drug-likeness (QED) is 0.189. The van der Waals surface area contributed by atoms with Crippen molar-refractivity contribution in [3.05, 3.63) is 81.8 Å². The number of rotatable bonds is 7. The summed E-state index contributed by atoms with van der Waals surface area (Å²) in [5, 5.41) is 25.5. The zero-order valence-electron chi connectivity index (χ0n) is 21.0. The molecule has 4 rings (SSSR count). The van der Waals surface area contributed by atoms with E-state index in [9.17, 15) is 22.9 Å². The summed E-state index contributed by atoms with van der Waals surface area (Å²) in [6.07, 6.45) is 0.153. The third-order valence-corrected chi connectivity index (χ3v) is 7.27. The molecule has 0 aliphatic heterocycles. The Morgan fingerprint density at radius 3 is 2.36 bits per heavy atom. The van der Waals surface area contributed by atoms with Crippen LogP contribution in [0.4, 0.5) is 17.1 Å².